The summed E-state index contributed by atoms with van der Waals surface area (Å²) in [7, 11) is 0. The quantitative estimate of drug-likeness (QED) is 0.904. The number of fused-ring (bicyclic) bond motifs is 1. The molecule has 1 heterocycles. The van der Waals surface area contributed by atoms with Crippen LogP contribution in [0.3, 0.4) is 0 Å². The Kier molecular flexibility index (Phi) is 4.96. The number of benzene rings is 1. The van der Waals surface area contributed by atoms with Crippen LogP contribution >= 0.6 is 0 Å². The number of hydrogen-bond donors (Lipinski definition) is 1. The zero-order valence-electron chi connectivity index (χ0n) is 13.8. The van der Waals surface area contributed by atoms with Gasteiger partial charge in [-0.05, 0) is 49.4 Å². The molecule has 1 saturated heterocycles. The van der Waals surface area contributed by atoms with Gasteiger partial charge in [0.05, 0.1) is 6.54 Å². The van der Waals surface area contributed by atoms with E-state index >= 15 is 0 Å². The molecule has 1 aromatic carbocycles. The van der Waals surface area contributed by atoms with Crippen molar-refractivity contribution in [3.05, 3.63) is 34.9 Å². The summed E-state index contributed by atoms with van der Waals surface area (Å²) in [6.07, 6.45) is 3.44. The molecule has 23 heavy (non-hydrogen) atoms. The SMILES string of the molecule is CCNC(=O)CN1CCN(C(=O)c2ccc3c(c2)CCC3)CC1. The maximum atomic E-state index is 12.7. The zero-order chi connectivity index (χ0) is 16.2. The Labute approximate surface area is 137 Å². The van der Waals surface area contributed by atoms with E-state index in [1.165, 1.54) is 17.5 Å². The summed E-state index contributed by atoms with van der Waals surface area (Å²) in [6, 6.07) is 6.15. The third-order valence-electron chi connectivity index (χ3n) is 4.75. The predicted octanol–water partition coefficient (Wildman–Crippen LogP) is 1.07. The van der Waals surface area contributed by atoms with Gasteiger partial charge < -0.3 is 10.2 Å². The van der Waals surface area contributed by atoms with Crippen molar-refractivity contribution in [1.29, 1.82) is 0 Å². The highest BCUT2D eigenvalue weighted by atomic mass is 16.2. The van der Waals surface area contributed by atoms with E-state index in [0.29, 0.717) is 26.2 Å². The lowest BCUT2D eigenvalue weighted by molar-refractivity contribution is -0.122. The Morgan fingerprint density at radius 1 is 1.09 bits per heavy atom. The Hall–Kier alpha value is -1.88. The standard InChI is InChI=1S/C18H25N3O2/c1-2-19-17(22)13-20-8-10-21(11-9-20)18(23)16-7-6-14-4-3-5-15(14)12-16/h6-7,12H,2-5,8-11,13H2,1H3,(H,19,22). The molecule has 1 aliphatic heterocycles. The second-order valence-corrected chi connectivity index (χ2v) is 6.36. The maximum Gasteiger partial charge on any atom is 0.253 e. The molecule has 5 heteroatoms. The molecule has 0 radical (unpaired) electrons. The molecule has 5 nitrogen and oxygen atoms in total. The summed E-state index contributed by atoms with van der Waals surface area (Å²) in [5, 5.41) is 2.82. The molecule has 0 spiro atoms. The average Bonchev–Trinajstić information content (AvgIpc) is 3.02. The van der Waals surface area contributed by atoms with Gasteiger partial charge in [0.2, 0.25) is 5.91 Å². The van der Waals surface area contributed by atoms with E-state index in [-0.39, 0.29) is 11.8 Å². The van der Waals surface area contributed by atoms with Gasteiger partial charge in [-0.2, -0.15) is 0 Å². The molecule has 1 fully saturated rings. The van der Waals surface area contributed by atoms with E-state index in [4.69, 9.17) is 0 Å². The first kappa shape index (κ1) is 16.0. The van der Waals surface area contributed by atoms with Crippen LogP contribution in [0.15, 0.2) is 18.2 Å². The van der Waals surface area contributed by atoms with Crippen LogP contribution < -0.4 is 5.32 Å². The van der Waals surface area contributed by atoms with Crippen LogP contribution in [0.2, 0.25) is 0 Å². The number of amides is 2. The van der Waals surface area contributed by atoms with Crippen molar-refractivity contribution in [2.75, 3.05) is 39.3 Å². The lowest BCUT2D eigenvalue weighted by Gasteiger charge is -2.34. The third-order valence-corrected chi connectivity index (χ3v) is 4.75. The number of hydrogen-bond acceptors (Lipinski definition) is 3. The Balaban J connectivity index is 1.55. The van der Waals surface area contributed by atoms with Crippen molar-refractivity contribution in [3.63, 3.8) is 0 Å². The number of carbonyl (C=O) groups is 2. The van der Waals surface area contributed by atoms with Gasteiger partial charge >= 0.3 is 0 Å². The first-order valence-electron chi connectivity index (χ1n) is 8.57. The van der Waals surface area contributed by atoms with Crippen molar-refractivity contribution >= 4 is 11.8 Å². The highest BCUT2D eigenvalue weighted by Crippen LogP contribution is 2.23. The van der Waals surface area contributed by atoms with E-state index in [9.17, 15) is 9.59 Å². The molecule has 0 aromatic heterocycles. The molecule has 0 atom stereocenters. The van der Waals surface area contributed by atoms with E-state index in [0.717, 1.165) is 31.5 Å². The molecule has 1 aromatic rings. The minimum absolute atomic E-state index is 0.0610. The van der Waals surface area contributed by atoms with Gasteiger partial charge in [0.1, 0.15) is 0 Å². The van der Waals surface area contributed by atoms with Gasteiger partial charge in [0.25, 0.3) is 5.91 Å². The second-order valence-electron chi connectivity index (χ2n) is 6.36. The molecular weight excluding hydrogens is 290 g/mol. The highest BCUT2D eigenvalue weighted by Gasteiger charge is 2.24. The largest absolute Gasteiger partial charge is 0.355 e. The van der Waals surface area contributed by atoms with Crippen molar-refractivity contribution in [3.8, 4) is 0 Å². The fourth-order valence-corrected chi connectivity index (χ4v) is 3.45. The summed E-state index contributed by atoms with van der Waals surface area (Å²) < 4.78 is 0. The number of likely N-dealkylation sites (N-methyl/N-ethyl adjacent to an activating group) is 1. The van der Waals surface area contributed by atoms with Gasteiger partial charge in [-0.25, -0.2) is 0 Å². The lowest BCUT2D eigenvalue weighted by Crippen LogP contribution is -2.51. The summed E-state index contributed by atoms with van der Waals surface area (Å²) >= 11 is 0. The minimum atomic E-state index is 0.0610. The molecule has 1 aliphatic carbocycles. The highest BCUT2D eigenvalue weighted by molar-refractivity contribution is 5.94. The number of carbonyl (C=O) groups excluding carboxylic acids is 2. The smallest absolute Gasteiger partial charge is 0.253 e. The van der Waals surface area contributed by atoms with Crippen molar-refractivity contribution < 1.29 is 9.59 Å². The van der Waals surface area contributed by atoms with Gasteiger partial charge in [-0.1, -0.05) is 6.07 Å². The minimum Gasteiger partial charge on any atom is -0.355 e. The average molecular weight is 315 g/mol. The number of nitrogens with zero attached hydrogens (tertiary/aromatic N) is 2. The number of nitrogens with one attached hydrogen (secondary N) is 1. The summed E-state index contributed by atoms with van der Waals surface area (Å²) in [6.45, 7) is 5.90. The molecule has 3 rings (SSSR count). The molecule has 1 N–H and O–H groups in total. The summed E-state index contributed by atoms with van der Waals surface area (Å²) in [5.74, 6) is 0.184. The summed E-state index contributed by atoms with van der Waals surface area (Å²) in [4.78, 5) is 28.3. The van der Waals surface area contributed by atoms with Crippen LogP contribution in [0, 0.1) is 0 Å². The Morgan fingerprint density at radius 3 is 2.57 bits per heavy atom. The molecule has 0 unspecified atom stereocenters. The zero-order valence-corrected chi connectivity index (χ0v) is 13.8. The van der Waals surface area contributed by atoms with Crippen LogP contribution in [0.4, 0.5) is 0 Å². The van der Waals surface area contributed by atoms with Crippen LogP contribution in [0.5, 0.6) is 0 Å². The number of aryl methyl sites for hydroxylation is 2. The third kappa shape index (κ3) is 3.72. The lowest BCUT2D eigenvalue weighted by atomic mass is 10.1. The molecule has 2 aliphatic rings. The number of piperazine rings is 1. The van der Waals surface area contributed by atoms with Gasteiger partial charge in [0.15, 0.2) is 0 Å². The molecule has 124 valence electrons. The van der Waals surface area contributed by atoms with Gasteiger partial charge in [-0.15, -0.1) is 0 Å². The molecular formula is C18H25N3O2. The predicted molar refractivity (Wildman–Crippen MR) is 89.5 cm³/mol. The summed E-state index contributed by atoms with van der Waals surface area (Å²) in [5.41, 5.74) is 3.54. The first-order chi connectivity index (χ1) is 11.2. The second kappa shape index (κ2) is 7.13. The van der Waals surface area contributed by atoms with Gasteiger partial charge in [-0.3, -0.25) is 14.5 Å². The Bertz CT molecular complexity index is 592. The fourth-order valence-electron chi connectivity index (χ4n) is 3.45. The Morgan fingerprint density at radius 2 is 1.83 bits per heavy atom. The maximum absolute atomic E-state index is 12.7. The van der Waals surface area contributed by atoms with E-state index < -0.39 is 0 Å². The topological polar surface area (TPSA) is 52.7 Å². The normalized spacial score (nSPS) is 17.9. The fraction of sp³-hybridized carbons (Fsp3) is 0.556. The van der Waals surface area contributed by atoms with Crippen LogP contribution in [0.25, 0.3) is 0 Å². The monoisotopic (exact) mass is 315 g/mol. The van der Waals surface area contributed by atoms with Crippen LogP contribution in [0.1, 0.15) is 34.8 Å². The molecule has 0 saturated carbocycles. The molecule has 2 amide bonds. The van der Waals surface area contributed by atoms with Gasteiger partial charge in [0, 0.05) is 38.3 Å². The first-order valence-corrected chi connectivity index (χ1v) is 8.57. The molecule has 0 bridgehead atoms. The number of rotatable bonds is 4. The van der Waals surface area contributed by atoms with E-state index in [1.54, 1.807) is 0 Å². The van der Waals surface area contributed by atoms with Crippen LogP contribution in [-0.2, 0) is 17.6 Å². The van der Waals surface area contributed by atoms with E-state index in [1.807, 2.05) is 17.9 Å². The van der Waals surface area contributed by atoms with Crippen molar-refractivity contribution in [2.45, 2.75) is 26.2 Å². The van der Waals surface area contributed by atoms with E-state index in [2.05, 4.69) is 22.3 Å². The van der Waals surface area contributed by atoms with Crippen molar-refractivity contribution in [2.24, 2.45) is 0 Å². The van der Waals surface area contributed by atoms with Crippen LogP contribution in [-0.4, -0.2) is 60.9 Å². The van der Waals surface area contributed by atoms with Crippen molar-refractivity contribution in [1.82, 2.24) is 15.1 Å².